The summed E-state index contributed by atoms with van der Waals surface area (Å²) in [7, 11) is 1.81. The van der Waals surface area contributed by atoms with Crippen LogP contribution in [0, 0.1) is 11.8 Å². The molecule has 110 valence electrons. The summed E-state index contributed by atoms with van der Waals surface area (Å²) in [6, 6.07) is 7.95. The first-order valence-corrected chi connectivity index (χ1v) is 7.57. The van der Waals surface area contributed by atoms with Crippen LogP contribution in [0.5, 0.6) is 0 Å². The number of rotatable bonds is 4. The van der Waals surface area contributed by atoms with Gasteiger partial charge in [-0.1, -0.05) is 13.8 Å². The molecule has 0 bridgehead atoms. The van der Waals surface area contributed by atoms with E-state index in [1.54, 1.807) is 0 Å². The molecule has 1 saturated heterocycles. The van der Waals surface area contributed by atoms with Gasteiger partial charge in [0.25, 0.3) is 0 Å². The van der Waals surface area contributed by atoms with Gasteiger partial charge in [0.1, 0.15) is 0 Å². The van der Waals surface area contributed by atoms with Crippen LogP contribution in [-0.2, 0) is 0 Å². The Hall–Kier alpha value is -1.35. The van der Waals surface area contributed by atoms with Crippen molar-refractivity contribution in [1.29, 1.82) is 0 Å². The molecular formula is C17H26N2O. The molecule has 1 aromatic rings. The molecule has 2 rings (SSSR count). The predicted molar refractivity (Wildman–Crippen MR) is 84.5 cm³/mol. The maximum atomic E-state index is 12.1. The molecule has 3 nitrogen and oxygen atoms in total. The van der Waals surface area contributed by atoms with Gasteiger partial charge >= 0.3 is 0 Å². The number of hydrogen-bond acceptors (Lipinski definition) is 3. The first-order chi connectivity index (χ1) is 9.51. The van der Waals surface area contributed by atoms with Crippen molar-refractivity contribution in [1.82, 2.24) is 5.32 Å². The fourth-order valence-electron chi connectivity index (χ4n) is 3.09. The lowest BCUT2D eigenvalue weighted by atomic mass is 9.91. The molecule has 1 fully saturated rings. The fourth-order valence-corrected chi connectivity index (χ4v) is 3.09. The fraction of sp³-hybridized carbons (Fsp3) is 0.588. The second-order valence-corrected chi connectivity index (χ2v) is 6.27. The molecule has 0 aromatic heterocycles. The van der Waals surface area contributed by atoms with Crippen molar-refractivity contribution >= 4 is 11.5 Å². The maximum Gasteiger partial charge on any atom is 0.179 e. The van der Waals surface area contributed by atoms with E-state index in [0.717, 1.165) is 30.5 Å². The van der Waals surface area contributed by atoms with E-state index in [4.69, 9.17) is 0 Å². The van der Waals surface area contributed by atoms with Crippen LogP contribution in [0.3, 0.4) is 0 Å². The van der Waals surface area contributed by atoms with E-state index >= 15 is 0 Å². The van der Waals surface area contributed by atoms with Crippen LogP contribution in [0.1, 0.15) is 37.6 Å². The Morgan fingerprint density at radius 1 is 1.20 bits per heavy atom. The van der Waals surface area contributed by atoms with Gasteiger partial charge in [-0.05, 0) is 56.5 Å². The Balaban J connectivity index is 2.10. The molecule has 3 heteroatoms. The molecule has 1 aliphatic rings. The Labute approximate surface area is 122 Å². The van der Waals surface area contributed by atoms with Gasteiger partial charge < -0.3 is 10.2 Å². The molecule has 0 radical (unpaired) electrons. The van der Waals surface area contributed by atoms with Crippen molar-refractivity contribution in [3.8, 4) is 0 Å². The number of nitrogens with zero attached hydrogens (tertiary/aromatic N) is 1. The lowest BCUT2D eigenvalue weighted by Crippen LogP contribution is -2.38. The van der Waals surface area contributed by atoms with Crippen molar-refractivity contribution in [2.45, 2.75) is 33.2 Å². The number of anilines is 1. The third-order valence-corrected chi connectivity index (χ3v) is 4.21. The molecular weight excluding hydrogens is 248 g/mol. The van der Waals surface area contributed by atoms with Crippen LogP contribution < -0.4 is 10.2 Å². The van der Waals surface area contributed by atoms with Crippen molar-refractivity contribution in [3.63, 3.8) is 0 Å². The first-order valence-electron chi connectivity index (χ1n) is 7.57. The molecule has 1 N–H and O–H groups in total. The topological polar surface area (TPSA) is 32.3 Å². The zero-order valence-electron chi connectivity index (χ0n) is 13.0. The first kappa shape index (κ1) is 15.0. The maximum absolute atomic E-state index is 12.1. The molecule has 0 saturated carbocycles. The van der Waals surface area contributed by atoms with Crippen LogP contribution in [-0.4, -0.2) is 32.0 Å². The van der Waals surface area contributed by atoms with E-state index in [2.05, 4.69) is 36.2 Å². The zero-order chi connectivity index (χ0) is 14.7. The van der Waals surface area contributed by atoms with Crippen molar-refractivity contribution < 1.29 is 4.79 Å². The smallest absolute Gasteiger partial charge is 0.179 e. The third kappa shape index (κ3) is 3.40. The molecule has 1 aliphatic heterocycles. The minimum Gasteiger partial charge on any atom is -0.371 e. The quantitative estimate of drug-likeness (QED) is 0.857. The molecule has 3 atom stereocenters. The lowest BCUT2D eigenvalue weighted by Gasteiger charge is -2.36. The van der Waals surface area contributed by atoms with Crippen molar-refractivity contribution in [3.05, 3.63) is 29.8 Å². The zero-order valence-corrected chi connectivity index (χ0v) is 13.0. The number of hydrogen-bond donors (Lipinski definition) is 1. The highest BCUT2D eigenvalue weighted by Crippen LogP contribution is 2.26. The van der Waals surface area contributed by atoms with Gasteiger partial charge in [0.15, 0.2) is 5.78 Å². The minimum atomic E-state index is -0.129. The predicted octanol–water partition coefficient (Wildman–Crippen LogP) is 2.96. The highest BCUT2D eigenvalue weighted by atomic mass is 16.1. The molecule has 20 heavy (non-hydrogen) atoms. The van der Waals surface area contributed by atoms with Gasteiger partial charge in [-0.25, -0.2) is 0 Å². The second-order valence-electron chi connectivity index (χ2n) is 6.27. The molecule has 0 spiro atoms. The Bertz CT molecular complexity index is 445. The lowest BCUT2D eigenvalue weighted by molar-refractivity contribution is 0.0955. The van der Waals surface area contributed by atoms with Gasteiger partial charge in [-0.2, -0.15) is 0 Å². The Morgan fingerprint density at radius 3 is 2.25 bits per heavy atom. The third-order valence-electron chi connectivity index (χ3n) is 4.21. The van der Waals surface area contributed by atoms with Crippen LogP contribution in [0.15, 0.2) is 24.3 Å². The van der Waals surface area contributed by atoms with E-state index in [1.807, 2.05) is 26.1 Å². The Kier molecular flexibility index (Phi) is 4.81. The minimum absolute atomic E-state index is 0.129. The summed E-state index contributed by atoms with van der Waals surface area (Å²) < 4.78 is 0. The van der Waals surface area contributed by atoms with Gasteiger partial charge in [-0.15, -0.1) is 0 Å². The van der Waals surface area contributed by atoms with Gasteiger partial charge in [0.2, 0.25) is 0 Å². The van der Waals surface area contributed by atoms with Gasteiger partial charge in [0.05, 0.1) is 6.04 Å². The standard InChI is InChI=1S/C17H26N2O/c1-12-9-13(2)11-19(10-12)16-7-5-15(6-8-16)17(20)14(3)18-4/h5-8,12-14,18H,9-11H2,1-4H3. The van der Waals surface area contributed by atoms with E-state index < -0.39 is 0 Å². The molecule has 0 aliphatic carbocycles. The number of carbonyl (C=O) groups is 1. The molecule has 1 aromatic carbocycles. The summed E-state index contributed by atoms with van der Waals surface area (Å²) in [6.07, 6.45) is 1.31. The molecule has 1 heterocycles. The average Bonchev–Trinajstić information content (AvgIpc) is 2.45. The number of carbonyl (C=O) groups excluding carboxylic acids is 1. The van der Waals surface area contributed by atoms with Crippen LogP contribution in [0.25, 0.3) is 0 Å². The monoisotopic (exact) mass is 274 g/mol. The summed E-state index contributed by atoms with van der Waals surface area (Å²) in [5.41, 5.74) is 2.02. The highest BCUT2D eigenvalue weighted by Gasteiger charge is 2.22. The summed E-state index contributed by atoms with van der Waals surface area (Å²) in [5, 5.41) is 2.99. The number of benzene rings is 1. The number of piperidine rings is 1. The Morgan fingerprint density at radius 2 is 1.75 bits per heavy atom. The number of nitrogens with one attached hydrogen (secondary N) is 1. The number of ketones is 1. The van der Waals surface area contributed by atoms with Crippen molar-refractivity contribution in [2.24, 2.45) is 11.8 Å². The van der Waals surface area contributed by atoms with Crippen LogP contribution >= 0.6 is 0 Å². The van der Waals surface area contributed by atoms with E-state index in [-0.39, 0.29) is 11.8 Å². The van der Waals surface area contributed by atoms with Gasteiger partial charge in [0, 0.05) is 24.3 Å². The van der Waals surface area contributed by atoms with E-state index in [1.165, 1.54) is 12.1 Å². The largest absolute Gasteiger partial charge is 0.371 e. The summed E-state index contributed by atoms with van der Waals surface area (Å²) >= 11 is 0. The highest BCUT2D eigenvalue weighted by molar-refractivity contribution is 6.00. The van der Waals surface area contributed by atoms with Crippen molar-refractivity contribution in [2.75, 3.05) is 25.0 Å². The van der Waals surface area contributed by atoms with Crippen LogP contribution in [0.2, 0.25) is 0 Å². The van der Waals surface area contributed by atoms with E-state index in [9.17, 15) is 4.79 Å². The van der Waals surface area contributed by atoms with Crippen LogP contribution in [0.4, 0.5) is 5.69 Å². The normalized spacial score (nSPS) is 24.5. The molecule has 3 unspecified atom stereocenters. The summed E-state index contributed by atoms with van der Waals surface area (Å²) in [6.45, 7) is 8.75. The summed E-state index contributed by atoms with van der Waals surface area (Å²) in [5.74, 6) is 1.63. The van der Waals surface area contributed by atoms with Gasteiger partial charge in [-0.3, -0.25) is 4.79 Å². The number of Topliss-reactive ketones (excluding diaryl/α,β-unsaturated/α-hetero) is 1. The number of likely N-dealkylation sites (N-methyl/N-ethyl adjacent to an activating group) is 1. The summed E-state index contributed by atoms with van der Waals surface area (Å²) in [4.78, 5) is 14.5. The SMILES string of the molecule is CNC(C)C(=O)c1ccc(N2CC(C)CC(C)C2)cc1. The van der Waals surface area contributed by atoms with E-state index in [0.29, 0.717) is 0 Å². The average molecular weight is 274 g/mol. The second kappa shape index (κ2) is 6.40. The molecule has 0 amide bonds.